The fourth-order valence-corrected chi connectivity index (χ4v) is 3.84. The van der Waals surface area contributed by atoms with Crippen LogP contribution in [0.1, 0.15) is 22.7 Å². The molecule has 1 atom stereocenters. The first-order chi connectivity index (χ1) is 15.2. The van der Waals surface area contributed by atoms with E-state index in [2.05, 4.69) is 34.3 Å². The Labute approximate surface area is 182 Å². The van der Waals surface area contributed by atoms with E-state index in [1.54, 1.807) is 7.11 Å². The summed E-state index contributed by atoms with van der Waals surface area (Å²) in [6.07, 6.45) is 2.14. The molecule has 0 aliphatic carbocycles. The van der Waals surface area contributed by atoms with Crippen LogP contribution in [0.2, 0.25) is 0 Å². The third kappa shape index (κ3) is 4.62. The van der Waals surface area contributed by atoms with Gasteiger partial charge in [-0.05, 0) is 34.9 Å². The number of benzene rings is 3. The lowest BCUT2D eigenvalue weighted by Crippen LogP contribution is -2.29. The second-order valence-corrected chi connectivity index (χ2v) is 7.40. The fraction of sp³-hybridized carbons (Fsp3) is 0.192. The summed E-state index contributed by atoms with van der Waals surface area (Å²) in [4.78, 5) is 12.4. The third-order valence-corrected chi connectivity index (χ3v) is 5.43. The Hall–Kier alpha value is -3.57. The maximum Gasteiger partial charge on any atom is 0.327 e. The van der Waals surface area contributed by atoms with Crippen molar-refractivity contribution in [1.82, 2.24) is 9.88 Å². The molecule has 158 valence electrons. The zero-order valence-corrected chi connectivity index (χ0v) is 17.7. The maximum absolute atomic E-state index is 12.4. The average molecular weight is 415 g/mol. The van der Waals surface area contributed by atoms with E-state index in [0.717, 1.165) is 34.3 Å². The van der Waals surface area contributed by atoms with Crippen LogP contribution in [0, 0.1) is 0 Å². The summed E-state index contributed by atoms with van der Waals surface area (Å²) in [6.45, 7) is 1.28. The number of rotatable bonds is 8. The number of fused-ring (bicyclic) bond motifs is 1. The number of hydrogen-bond donors (Lipinski definition) is 1. The molecule has 0 bridgehead atoms. The number of nitrogens with zero attached hydrogens (tertiary/aromatic N) is 1. The van der Waals surface area contributed by atoms with Crippen LogP contribution in [0.3, 0.4) is 0 Å². The molecule has 0 aliphatic rings. The van der Waals surface area contributed by atoms with Crippen molar-refractivity contribution >= 4 is 16.9 Å². The number of hydrogen-bond acceptors (Lipinski definition) is 4. The molecule has 0 amide bonds. The Balaban J connectivity index is 1.66. The molecule has 0 saturated carbocycles. The quantitative estimate of drug-likeness (QED) is 0.425. The standard InChI is InChI=1S/C26H26N2O3/c1-30-22-13-14-24-23(15-22)21(18-28(24)17-19-9-5-3-6-10-19)16-27-25(26(29)31-2)20-11-7-4-8-12-20/h3-15,18,25,27H,16-17H2,1-2H3. The molecule has 31 heavy (non-hydrogen) atoms. The summed E-state index contributed by atoms with van der Waals surface area (Å²) in [6, 6.07) is 25.5. The summed E-state index contributed by atoms with van der Waals surface area (Å²) in [5.41, 5.74) is 4.32. The molecule has 1 heterocycles. The molecular weight excluding hydrogens is 388 g/mol. The lowest BCUT2D eigenvalue weighted by Gasteiger charge is -2.16. The highest BCUT2D eigenvalue weighted by molar-refractivity contribution is 5.85. The van der Waals surface area contributed by atoms with Gasteiger partial charge in [0.15, 0.2) is 0 Å². The third-order valence-electron chi connectivity index (χ3n) is 5.43. The van der Waals surface area contributed by atoms with Gasteiger partial charge in [0.1, 0.15) is 11.8 Å². The number of aromatic nitrogens is 1. The Morgan fingerprint density at radius 1 is 0.968 bits per heavy atom. The molecule has 3 aromatic carbocycles. The van der Waals surface area contributed by atoms with Crippen LogP contribution >= 0.6 is 0 Å². The van der Waals surface area contributed by atoms with Crippen molar-refractivity contribution in [2.24, 2.45) is 0 Å². The van der Waals surface area contributed by atoms with Crippen molar-refractivity contribution < 1.29 is 14.3 Å². The van der Waals surface area contributed by atoms with Gasteiger partial charge in [-0.3, -0.25) is 5.32 Å². The molecule has 1 aromatic heterocycles. The van der Waals surface area contributed by atoms with Crippen LogP contribution in [-0.4, -0.2) is 24.8 Å². The zero-order valence-electron chi connectivity index (χ0n) is 17.7. The van der Waals surface area contributed by atoms with Gasteiger partial charge >= 0.3 is 5.97 Å². The number of carbonyl (C=O) groups excluding carboxylic acids is 1. The van der Waals surface area contributed by atoms with E-state index in [1.165, 1.54) is 12.7 Å². The monoisotopic (exact) mass is 414 g/mol. The Morgan fingerprint density at radius 3 is 2.35 bits per heavy atom. The summed E-state index contributed by atoms with van der Waals surface area (Å²) >= 11 is 0. The fourth-order valence-electron chi connectivity index (χ4n) is 3.84. The highest BCUT2D eigenvalue weighted by atomic mass is 16.5. The minimum Gasteiger partial charge on any atom is -0.497 e. The molecule has 0 spiro atoms. The van der Waals surface area contributed by atoms with Gasteiger partial charge in [0.05, 0.1) is 14.2 Å². The van der Waals surface area contributed by atoms with Crippen molar-refractivity contribution in [3.63, 3.8) is 0 Å². The molecule has 5 nitrogen and oxygen atoms in total. The first kappa shape index (κ1) is 20.7. The second kappa shape index (κ2) is 9.49. The second-order valence-electron chi connectivity index (χ2n) is 7.40. The van der Waals surface area contributed by atoms with E-state index < -0.39 is 6.04 Å². The molecular formula is C26H26N2O3. The molecule has 4 rings (SSSR count). The Kier molecular flexibility index (Phi) is 6.34. The lowest BCUT2D eigenvalue weighted by molar-refractivity contribution is -0.143. The van der Waals surface area contributed by atoms with Gasteiger partial charge < -0.3 is 14.0 Å². The van der Waals surface area contributed by atoms with Gasteiger partial charge in [-0.25, -0.2) is 4.79 Å². The number of ether oxygens (including phenoxy) is 2. The summed E-state index contributed by atoms with van der Waals surface area (Å²) in [5.74, 6) is 0.496. The van der Waals surface area contributed by atoms with E-state index in [9.17, 15) is 4.79 Å². The molecule has 0 radical (unpaired) electrons. The predicted octanol–water partition coefficient (Wildman–Crippen LogP) is 4.70. The number of carbonyl (C=O) groups is 1. The van der Waals surface area contributed by atoms with E-state index in [1.807, 2.05) is 60.7 Å². The van der Waals surface area contributed by atoms with Crippen LogP contribution in [0.15, 0.2) is 85.1 Å². The van der Waals surface area contributed by atoms with Gasteiger partial charge in [-0.1, -0.05) is 60.7 Å². The summed E-state index contributed by atoms with van der Waals surface area (Å²) in [5, 5.41) is 4.48. The number of methoxy groups -OCH3 is 2. The van der Waals surface area contributed by atoms with Gasteiger partial charge in [0.2, 0.25) is 0 Å². The van der Waals surface area contributed by atoms with Gasteiger partial charge in [-0.2, -0.15) is 0 Å². The number of nitrogens with one attached hydrogen (secondary N) is 1. The first-order valence-electron chi connectivity index (χ1n) is 10.3. The predicted molar refractivity (Wildman–Crippen MR) is 122 cm³/mol. The topological polar surface area (TPSA) is 52.5 Å². The smallest absolute Gasteiger partial charge is 0.327 e. The molecule has 1 N–H and O–H groups in total. The SMILES string of the molecule is COC(=O)C(NCc1cn(Cc2ccccc2)c2ccc(OC)cc12)c1ccccc1. The van der Waals surface area contributed by atoms with Gasteiger partial charge in [-0.15, -0.1) is 0 Å². The van der Waals surface area contributed by atoms with Crippen molar-refractivity contribution in [2.75, 3.05) is 14.2 Å². The van der Waals surface area contributed by atoms with E-state index in [-0.39, 0.29) is 5.97 Å². The molecule has 0 aliphatic heterocycles. The maximum atomic E-state index is 12.4. The molecule has 4 aromatic rings. The Morgan fingerprint density at radius 2 is 1.68 bits per heavy atom. The van der Waals surface area contributed by atoms with E-state index >= 15 is 0 Å². The van der Waals surface area contributed by atoms with Crippen molar-refractivity contribution in [3.8, 4) is 5.75 Å². The first-order valence-corrected chi connectivity index (χ1v) is 10.3. The van der Waals surface area contributed by atoms with Crippen LogP contribution in [0.4, 0.5) is 0 Å². The Bertz CT molecular complexity index is 1150. The van der Waals surface area contributed by atoms with Crippen molar-refractivity contribution in [1.29, 1.82) is 0 Å². The molecule has 5 heteroatoms. The van der Waals surface area contributed by atoms with Gasteiger partial charge in [0.25, 0.3) is 0 Å². The largest absolute Gasteiger partial charge is 0.497 e. The molecule has 1 unspecified atom stereocenters. The molecule has 0 saturated heterocycles. The highest BCUT2D eigenvalue weighted by Gasteiger charge is 2.21. The number of esters is 1. The minimum absolute atomic E-state index is 0.309. The normalized spacial score (nSPS) is 11.9. The van der Waals surface area contributed by atoms with E-state index in [4.69, 9.17) is 9.47 Å². The van der Waals surface area contributed by atoms with Gasteiger partial charge in [0, 0.05) is 30.2 Å². The summed E-state index contributed by atoms with van der Waals surface area (Å²) < 4.78 is 12.7. The minimum atomic E-state index is -0.538. The summed E-state index contributed by atoms with van der Waals surface area (Å²) in [7, 11) is 3.08. The lowest BCUT2D eigenvalue weighted by atomic mass is 10.1. The average Bonchev–Trinajstić information content (AvgIpc) is 3.16. The van der Waals surface area contributed by atoms with Crippen molar-refractivity contribution in [3.05, 3.63) is 102 Å². The molecule has 0 fully saturated rings. The van der Waals surface area contributed by atoms with E-state index in [0.29, 0.717) is 6.54 Å². The van der Waals surface area contributed by atoms with Crippen molar-refractivity contribution in [2.45, 2.75) is 19.1 Å². The van der Waals surface area contributed by atoms with Crippen LogP contribution < -0.4 is 10.1 Å². The van der Waals surface area contributed by atoms with Crippen LogP contribution in [-0.2, 0) is 22.6 Å². The zero-order chi connectivity index (χ0) is 21.6. The van der Waals surface area contributed by atoms with Crippen LogP contribution in [0.5, 0.6) is 5.75 Å². The van der Waals surface area contributed by atoms with Crippen LogP contribution in [0.25, 0.3) is 10.9 Å². The highest BCUT2D eigenvalue weighted by Crippen LogP contribution is 2.27.